The Labute approximate surface area is 121 Å². The van der Waals surface area contributed by atoms with Crippen molar-refractivity contribution in [3.05, 3.63) is 23.7 Å². The van der Waals surface area contributed by atoms with Crippen LogP contribution in [0.15, 0.2) is 12.3 Å². The zero-order valence-corrected chi connectivity index (χ0v) is 12.2. The number of rotatable bonds is 5. The second kappa shape index (κ2) is 6.21. The number of nitrogen functional groups attached to an aromatic ring is 1. The molecule has 0 aliphatic rings. The van der Waals surface area contributed by atoms with Crippen LogP contribution in [0.3, 0.4) is 0 Å². The maximum atomic E-state index is 11.5. The summed E-state index contributed by atoms with van der Waals surface area (Å²) in [6, 6.07) is 1.73. The number of hydrogen-bond acceptors (Lipinski definition) is 7. The maximum absolute atomic E-state index is 11.5. The zero-order valence-electron chi connectivity index (χ0n) is 12.2. The molecule has 0 aliphatic heterocycles. The fourth-order valence-electron chi connectivity index (χ4n) is 1.65. The number of nitrogens with zero attached hydrogens (tertiary/aromatic N) is 4. The van der Waals surface area contributed by atoms with E-state index in [9.17, 15) is 4.79 Å². The first-order chi connectivity index (χ1) is 10.0. The number of esters is 1. The summed E-state index contributed by atoms with van der Waals surface area (Å²) in [7, 11) is 1.26. The largest absolute Gasteiger partial charge is 0.478 e. The van der Waals surface area contributed by atoms with Gasteiger partial charge in [-0.25, -0.2) is 14.5 Å². The van der Waals surface area contributed by atoms with E-state index >= 15 is 0 Å². The SMILES string of the molecule is CCCOc1cc(C)nc(-n2cc(N)c(C(=O)OC)n2)n1. The van der Waals surface area contributed by atoms with Crippen LogP contribution < -0.4 is 10.5 Å². The van der Waals surface area contributed by atoms with E-state index in [1.54, 1.807) is 6.07 Å². The molecule has 2 N–H and O–H groups in total. The van der Waals surface area contributed by atoms with E-state index in [2.05, 4.69) is 19.8 Å². The molecule has 0 radical (unpaired) electrons. The van der Waals surface area contributed by atoms with E-state index in [0.29, 0.717) is 12.5 Å². The van der Waals surface area contributed by atoms with Crippen molar-refractivity contribution in [2.24, 2.45) is 0 Å². The van der Waals surface area contributed by atoms with E-state index in [1.807, 2.05) is 13.8 Å². The van der Waals surface area contributed by atoms with Crippen LogP contribution in [0.25, 0.3) is 5.95 Å². The highest BCUT2D eigenvalue weighted by Crippen LogP contribution is 2.16. The third-order valence-corrected chi connectivity index (χ3v) is 2.60. The third-order valence-electron chi connectivity index (χ3n) is 2.60. The van der Waals surface area contributed by atoms with Crippen LogP contribution >= 0.6 is 0 Å². The van der Waals surface area contributed by atoms with Gasteiger partial charge in [-0.15, -0.1) is 0 Å². The molecule has 8 heteroatoms. The Morgan fingerprint density at radius 3 is 2.86 bits per heavy atom. The lowest BCUT2D eigenvalue weighted by molar-refractivity contribution is 0.0594. The van der Waals surface area contributed by atoms with Crippen molar-refractivity contribution in [3.8, 4) is 11.8 Å². The molecule has 0 amide bonds. The molecule has 21 heavy (non-hydrogen) atoms. The molecule has 8 nitrogen and oxygen atoms in total. The van der Waals surface area contributed by atoms with Gasteiger partial charge in [0.1, 0.15) is 0 Å². The number of carbonyl (C=O) groups is 1. The molecule has 0 aromatic carbocycles. The Balaban J connectivity index is 2.37. The summed E-state index contributed by atoms with van der Waals surface area (Å²) >= 11 is 0. The first-order valence-corrected chi connectivity index (χ1v) is 6.47. The number of carbonyl (C=O) groups excluding carboxylic acids is 1. The van der Waals surface area contributed by atoms with Gasteiger partial charge in [-0.2, -0.15) is 10.1 Å². The summed E-state index contributed by atoms with van der Waals surface area (Å²) in [6.45, 7) is 4.38. The summed E-state index contributed by atoms with van der Waals surface area (Å²) < 4.78 is 11.4. The van der Waals surface area contributed by atoms with E-state index < -0.39 is 5.97 Å². The molecule has 0 unspecified atom stereocenters. The number of aromatic nitrogens is 4. The Morgan fingerprint density at radius 2 is 2.19 bits per heavy atom. The number of methoxy groups -OCH3 is 1. The topological polar surface area (TPSA) is 105 Å². The molecular formula is C13H17N5O3. The number of ether oxygens (including phenoxy) is 2. The molecular weight excluding hydrogens is 274 g/mol. The molecule has 0 spiro atoms. The van der Waals surface area contributed by atoms with E-state index in [4.69, 9.17) is 10.5 Å². The van der Waals surface area contributed by atoms with Gasteiger partial charge in [0.2, 0.25) is 5.88 Å². The van der Waals surface area contributed by atoms with Crippen LogP contribution in [0, 0.1) is 6.92 Å². The molecule has 2 heterocycles. The summed E-state index contributed by atoms with van der Waals surface area (Å²) in [5.41, 5.74) is 6.69. The van der Waals surface area contributed by atoms with Crippen molar-refractivity contribution < 1.29 is 14.3 Å². The van der Waals surface area contributed by atoms with Crippen molar-refractivity contribution in [2.75, 3.05) is 19.5 Å². The monoisotopic (exact) mass is 291 g/mol. The summed E-state index contributed by atoms with van der Waals surface area (Å²) in [4.78, 5) is 20.0. The van der Waals surface area contributed by atoms with Crippen LogP contribution in [0.1, 0.15) is 29.5 Å². The predicted molar refractivity (Wildman–Crippen MR) is 75.4 cm³/mol. The molecule has 0 bridgehead atoms. The average molecular weight is 291 g/mol. The molecule has 112 valence electrons. The van der Waals surface area contributed by atoms with Crippen molar-refractivity contribution >= 4 is 11.7 Å². The lowest BCUT2D eigenvalue weighted by atomic mass is 10.4. The van der Waals surface area contributed by atoms with Gasteiger partial charge in [0, 0.05) is 11.8 Å². The van der Waals surface area contributed by atoms with Crippen molar-refractivity contribution in [3.63, 3.8) is 0 Å². The van der Waals surface area contributed by atoms with Crippen LogP contribution in [-0.4, -0.2) is 39.4 Å². The van der Waals surface area contributed by atoms with Gasteiger partial charge in [0.05, 0.1) is 25.6 Å². The van der Waals surface area contributed by atoms with Gasteiger partial charge < -0.3 is 15.2 Å². The van der Waals surface area contributed by atoms with Crippen LogP contribution in [0.2, 0.25) is 0 Å². The fourth-order valence-corrected chi connectivity index (χ4v) is 1.65. The first-order valence-electron chi connectivity index (χ1n) is 6.47. The van der Waals surface area contributed by atoms with Crippen LogP contribution in [0.5, 0.6) is 5.88 Å². The number of aryl methyl sites for hydroxylation is 1. The number of anilines is 1. The highest BCUT2D eigenvalue weighted by molar-refractivity contribution is 5.92. The lowest BCUT2D eigenvalue weighted by Gasteiger charge is -2.06. The molecule has 2 aromatic heterocycles. The van der Waals surface area contributed by atoms with E-state index in [0.717, 1.165) is 12.1 Å². The zero-order chi connectivity index (χ0) is 15.4. The summed E-state index contributed by atoms with van der Waals surface area (Å²) in [6.07, 6.45) is 2.34. The summed E-state index contributed by atoms with van der Waals surface area (Å²) in [5, 5.41) is 4.05. The number of hydrogen-bond donors (Lipinski definition) is 1. The minimum absolute atomic E-state index is 0.0265. The van der Waals surface area contributed by atoms with Crippen LogP contribution in [-0.2, 0) is 4.74 Å². The Bertz CT molecular complexity index is 653. The maximum Gasteiger partial charge on any atom is 0.360 e. The minimum atomic E-state index is -0.610. The molecule has 0 aliphatic carbocycles. The molecule has 0 saturated heterocycles. The quantitative estimate of drug-likeness (QED) is 0.823. The lowest BCUT2D eigenvalue weighted by Crippen LogP contribution is -2.08. The second-order valence-corrected chi connectivity index (χ2v) is 4.37. The highest BCUT2D eigenvalue weighted by atomic mass is 16.5. The minimum Gasteiger partial charge on any atom is -0.478 e. The van der Waals surface area contributed by atoms with Crippen LogP contribution in [0.4, 0.5) is 5.69 Å². The predicted octanol–water partition coefficient (Wildman–Crippen LogP) is 1.13. The van der Waals surface area contributed by atoms with E-state index in [1.165, 1.54) is 18.0 Å². The van der Waals surface area contributed by atoms with Crippen molar-refractivity contribution in [1.82, 2.24) is 19.7 Å². The molecule has 0 atom stereocenters. The van der Waals surface area contributed by atoms with Crippen molar-refractivity contribution in [2.45, 2.75) is 20.3 Å². The first kappa shape index (κ1) is 14.8. The van der Waals surface area contributed by atoms with Crippen molar-refractivity contribution in [1.29, 1.82) is 0 Å². The number of nitrogens with two attached hydrogens (primary N) is 1. The van der Waals surface area contributed by atoms with Gasteiger partial charge >= 0.3 is 5.97 Å². The van der Waals surface area contributed by atoms with E-state index in [-0.39, 0.29) is 17.3 Å². The highest BCUT2D eigenvalue weighted by Gasteiger charge is 2.17. The van der Waals surface area contributed by atoms with Gasteiger partial charge in [-0.1, -0.05) is 6.92 Å². The molecule has 2 aromatic rings. The molecule has 0 fully saturated rings. The second-order valence-electron chi connectivity index (χ2n) is 4.37. The fraction of sp³-hybridized carbons (Fsp3) is 0.385. The Kier molecular flexibility index (Phi) is 4.36. The summed E-state index contributed by atoms with van der Waals surface area (Å²) in [5.74, 6) is 0.123. The molecule has 0 saturated carbocycles. The Hall–Kier alpha value is -2.64. The van der Waals surface area contributed by atoms with Gasteiger partial charge in [-0.3, -0.25) is 0 Å². The third kappa shape index (κ3) is 3.28. The Morgan fingerprint density at radius 1 is 1.43 bits per heavy atom. The smallest absolute Gasteiger partial charge is 0.360 e. The molecule has 2 rings (SSSR count). The van der Waals surface area contributed by atoms with Gasteiger partial charge in [0.25, 0.3) is 5.95 Å². The standard InChI is InChI=1S/C13H17N5O3/c1-4-5-21-10-6-8(2)15-13(16-10)18-7-9(14)11(17-18)12(19)20-3/h6-7H,4-5,14H2,1-3H3. The van der Waals surface area contributed by atoms with Gasteiger partial charge in [-0.05, 0) is 13.3 Å². The normalized spacial score (nSPS) is 10.4. The average Bonchev–Trinajstić information content (AvgIpc) is 2.86. The van der Waals surface area contributed by atoms with Gasteiger partial charge in [0.15, 0.2) is 5.69 Å².